The SMILES string of the molecule is N#Cc1cccc(-c2cc(C(F)(F)F)cc3ncn(-c4ccccc4)c23)c1. The van der Waals surface area contributed by atoms with E-state index in [1.54, 1.807) is 28.8 Å². The molecule has 0 N–H and O–H groups in total. The van der Waals surface area contributed by atoms with Crippen molar-refractivity contribution in [2.75, 3.05) is 0 Å². The van der Waals surface area contributed by atoms with E-state index < -0.39 is 11.7 Å². The zero-order valence-corrected chi connectivity index (χ0v) is 13.9. The van der Waals surface area contributed by atoms with E-state index in [0.717, 1.165) is 17.8 Å². The summed E-state index contributed by atoms with van der Waals surface area (Å²) in [5.41, 5.74) is 2.10. The van der Waals surface area contributed by atoms with Crippen molar-refractivity contribution in [3.63, 3.8) is 0 Å². The molecule has 0 aliphatic carbocycles. The number of aromatic nitrogens is 2. The Hall–Kier alpha value is -3.59. The number of rotatable bonds is 2. The molecule has 3 nitrogen and oxygen atoms in total. The molecular weight excluding hydrogens is 351 g/mol. The number of nitrogens with zero attached hydrogens (tertiary/aromatic N) is 3. The van der Waals surface area contributed by atoms with Gasteiger partial charge in [0.05, 0.1) is 28.2 Å². The topological polar surface area (TPSA) is 41.6 Å². The van der Waals surface area contributed by atoms with Crippen molar-refractivity contribution in [1.82, 2.24) is 9.55 Å². The minimum absolute atomic E-state index is 0.242. The molecule has 0 spiro atoms. The predicted molar refractivity (Wildman–Crippen MR) is 96.2 cm³/mol. The fraction of sp³-hybridized carbons (Fsp3) is 0.0476. The molecule has 132 valence electrons. The monoisotopic (exact) mass is 363 g/mol. The van der Waals surface area contributed by atoms with Gasteiger partial charge in [-0.05, 0) is 42.0 Å². The van der Waals surface area contributed by atoms with E-state index >= 15 is 0 Å². The van der Waals surface area contributed by atoms with Gasteiger partial charge in [-0.3, -0.25) is 4.57 Å². The van der Waals surface area contributed by atoms with Gasteiger partial charge in [-0.1, -0.05) is 30.3 Å². The van der Waals surface area contributed by atoms with Crippen LogP contribution in [0.25, 0.3) is 27.8 Å². The second-order valence-electron chi connectivity index (χ2n) is 6.03. The Morgan fingerprint density at radius 1 is 0.926 bits per heavy atom. The molecule has 27 heavy (non-hydrogen) atoms. The first-order valence-corrected chi connectivity index (χ1v) is 8.11. The second kappa shape index (κ2) is 6.29. The van der Waals surface area contributed by atoms with Crippen molar-refractivity contribution in [2.24, 2.45) is 0 Å². The van der Waals surface area contributed by atoms with E-state index in [-0.39, 0.29) is 5.52 Å². The number of alkyl halides is 3. The lowest BCUT2D eigenvalue weighted by atomic mass is 9.99. The minimum Gasteiger partial charge on any atom is -0.298 e. The number of hydrogen-bond donors (Lipinski definition) is 0. The van der Waals surface area contributed by atoms with Crippen LogP contribution in [0.3, 0.4) is 0 Å². The van der Waals surface area contributed by atoms with Gasteiger partial charge in [0, 0.05) is 11.3 Å². The van der Waals surface area contributed by atoms with Gasteiger partial charge in [-0.25, -0.2) is 4.98 Å². The Bertz CT molecular complexity index is 1170. The molecule has 0 saturated carbocycles. The highest BCUT2D eigenvalue weighted by molar-refractivity contribution is 5.94. The highest BCUT2D eigenvalue weighted by Crippen LogP contribution is 2.37. The summed E-state index contributed by atoms with van der Waals surface area (Å²) in [5, 5.41) is 9.15. The molecule has 4 rings (SSSR count). The molecule has 0 saturated heterocycles. The maximum atomic E-state index is 13.4. The summed E-state index contributed by atoms with van der Waals surface area (Å²) >= 11 is 0. The zero-order valence-electron chi connectivity index (χ0n) is 13.9. The van der Waals surface area contributed by atoms with Gasteiger partial charge in [0.1, 0.15) is 6.33 Å². The van der Waals surface area contributed by atoms with Gasteiger partial charge >= 0.3 is 6.18 Å². The Balaban J connectivity index is 2.07. The summed E-state index contributed by atoms with van der Waals surface area (Å²) in [7, 11) is 0. The van der Waals surface area contributed by atoms with Crippen molar-refractivity contribution in [1.29, 1.82) is 5.26 Å². The van der Waals surface area contributed by atoms with Gasteiger partial charge in [0.2, 0.25) is 0 Å². The van der Waals surface area contributed by atoms with E-state index in [4.69, 9.17) is 5.26 Å². The standard InChI is InChI=1S/C21H12F3N3/c22-21(23,24)16-10-18(15-6-4-5-14(9-15)12-25)20-19(11-16)26-13-27(20)17-7-2-1-3-8-17/h1-11,13H. The Labute approximate surface area is 152 Å². The Morgan fingerprint density at radius 3 is 2.41 bits per heavy atom. The second-order valence-corrected chi connectivity index (χ2v) is 6.03. The van der Waals surface area contributed by atoms with E-state index in [1.807, 2.05) is 36.4 Å². The number of fused-ring (bicyclic) bond motifs is 1. The number of halogens is 3. The molecular formula is C21H12F3N3. The van der Waals surface area contributed by atoms with Crippen LogP contribution in [0.2, 0.25) is 0 Å². The highest BCUT2D eigenvalue weighted by atomic mass is 19.4. The molecule has 6 heteroatoms. The number of imidazole rings is 1. The van der Waals surface area contributed by atoms with Crippen molar-refractivity contribution in [3.05, 3.63) is 84.2 Å². The smallest absolute Gasteiger partial charge is 0.298 e. The quantitative estimate of drug-likeness (QED) is 0.466. The Kier molecular flexibility index (Phi) is 3.93. The fourth-order valence-electron chi connectivity index (χ4n) is 3.07. The van der Waals surface area contributed by atoms with Crippen molar-refractivity contribution in [3.8, 4) is 22.9 Å². The normalized spacial score (nSPS) is 11.5. The van der Waals surface area contributed by atoms with E-state index in [9.17, 15) is 13.2 Å². The van der Waals surface area contributed by atoms with Crippen LogP contribution in [0.15, 0.2) is 73.1 Å². The van der Waals surface area contributed by atoms with Crippen LogP contribution in [0.1, 0.15) is 11.1 Å². The molecule has 4 aromatic rings. The lowest BCUT2D eigenvalue weighted by Gasteiger charge is -2.13. The third-order valence-electron chi connectivity index (χ3n) is 4.31. The average Bonchev–Trinajstić information content (AvgIpc) is 3.11. The zero-order chi connectivity index (χ0) is 19.0. The first kappa shape index (κ1) is 16.9. The molecule has 0 bridgehead atoms. The van der Waals surface area contributed by atoms with Gasteiger partial charge in [0.15, 0.2) is 0 Å². The van der Waals surface area contributed by atoms with E-state index in [0.29, 0.717) is 22.2 Å². The summed E-state index contributed by atoms with van der Waals surface area (Å²) in [6.07, 6.45) is -2.98. The summed E-state index contributed by atoms with van der Waals surface area (Å²) in [6.45, 7) is 0. The molecule has 1 heterocycles. The van der Waals surface area contributed by atoms with Gasteiger partial charge < -0.3 is 0 Å². The predicted octanol–water partition coefficient (Wildman–Crippen LogP) is 5.58. The molecule has 0 atom stereocenters. The molecule has 3 aromatic carbocycles. The number of benzene rings is 3. The van der Waals surface area contributed by atoms with Crippen molar-refractivity contribution in [2.45, 2.75) is 6.18 Å². The van der Waals surface area contributed by atoms with Crippen LogP contribution < -0.4 is 0 Å². The fourth-order valence-corrected chi connectivity index (χ4v) is 3.07. The van der Waals surface area contributed by atoms with Crippen molar-refractivity contribution >= 4 is 11.0 Å². The van der Waals surface area contributed by atoms with Crippen LogP contribution in [0.4, 0.5) is 13.2 Å². The largest absolute Gasteiger partial charge is 0.416 e. The molecule has 0 amide bonds. The molecule has 0 radical (unpaired) electrons. The molecule has 0 unspecified atom stereocenters. The minimum atomic E-state index is -4.49. The maximum Gasteiger partial charge on any atom is 0.416 e. The third-order valence-corrected chi connectivity index (χ3v) is 4.31. The van der Waals surface area contributed by atoms with Gasteiger partial charge in [0.25, 0.3) is 0 Å². The van der Waals surface area contributed by atoms with Crippen LogP contribution in [0.5, 0.6) is 0 Å². The number of para-hydroxylation sites is 1. The molecule has 0 aliphatic heterocycles. The van der Waals surface area contributed by atoms with Crippen LogP contribution in [-0.4, -0.2) is 9.55 Å². The first-order valence-electron chi connectivity index (χ1n) is 8.11. The highest BCUT2D eigenvalue weighted by Gasteiger charge is 2.32. The van der Waals surface area contributed by atoms with E-state index in [2.05, 4.69) is 4.98 Å². The third kappa shape index (κ3) is 3.04. The molecule has 1 aromatic heterocycles. The lowest BCUT2D eigenvalue weighted by Crippen LogP contribution is -2.05. The number of hydrogen-bond acceptors (Lipinski definition) is 2. The summed E-state index contributed by atoms with van der Waals surface area (Å²) in [4.78, 5) is 4.20. The van der Waals surface area contributed by atoms with Crippen LogP contribution >= 0.6 is 0 Å². The van der Waals surface area contributed by atoms with Gasteiger partial charge in [-0.15, -0.1) is 0 Å². The van der Waals surface area contributed by atoms with E-state index in [1.165, 1.54) is 6.33 Å². The molecule has 0 fully saturated rings. The van der Waals surface area contributed by atoms with Gasteiger partial charge in [-0.2, -0.15) is 18.4 Å². The summed E-state index contributed by atoms with van der Waals surface area (Å²) in [6, 6.07) is 20.0. The number of nitriles is 1. The lowest BCUT2D eigenvalue weighted by molar-refractivity contribution is -0.137. The van der Waals surface area contributed by atoms with Crippen LogP contribution in [0, 0.1) is 11.3 Å². The van der Waals surface area contributed by atoms with Crippen molar-refractivity contribution < 1.29 is 13.2 Å². The summed E-state index contributed by atoms with van der Waals surface area (Å²) in [5.74, 6) is 0. The Morgan fingerprint density at radius 2 is 1.70 bits per heavy atom. The van der Waals surface area contributed by atoms with Crippen LogP contribution in [-0.2, 0) is 6.18 Å². The first-order chi connectivity index (χ1) is 13.0. The summed E-state index contributed by atoms with van der Waals surface area (Å²) < 4.78 is 42.0. The maximum absolute atomic E-state index is 13.4. The average molecular weight is 363 g/mol. The molecule has 0 aliphatic rings.